The van der Waals surface area contributed by atoms with Gasteiger partial charge in [0.1, 0.15) is 9.35 Å². The predicted molar refractivity (Wildman–Crippen MR) is 89.3 cm³/mol. The van der Waals surface area contributed by atoms with Crippen LogP contribution in [0.15, 0.2) is 22.1 Å². The number of rotatable bonds is 7. The van der Waals surface area contributed by atoms with Crippen LogP contribution >= 0.6 is 34.4 Å². The maximum Gasteiger partial charge on any atom is 0.315 e. The summed E-state index contributed by atoms with van der Waals surface area (Å²) in [6.45, 7) is 4.61. The molecule has 2 rings (SSSR count). The molecule has 0 bridgehead atoms. The first-order valence-corrected chi connectivity index (χ1v) is 9.32. The van der Waals surface area contributed by atoms with Crippen LogP contribution in [0, 0.1) is 6.92 Å². The van der Waals surface area contributed by atoms with Crippen molar-refractivity contribution in [2.45, 2.75) is 30.6 Å². The first-order chi connectivity index (χ1) is 10.1. The minimum atomic E-state index is -0.144. The van der Waals surface area contributed by atoms with Crippen molar-refractivity contribution in [2.24, 2.45) is 0 Å². The third kappa shape index (κ3) is 5.64. The number of thioether (sulfide) groups is 1. The van der Waals surface area contributed by atoms with E-state index in [1.54, 1.807) is 40.6 Å². The summed E-state index contributed by atoms with van der Waals surface area (Å²) in [7, 11) is 0. The molecule has 0 saturated carbocycles. The summed E-state index contributed by atoms with van der Waals surface area (Å²) in [5.74, 6) is 0.953. The number of amides is 2. The molecule has 2 heterocycles. The molecule has 2 aromatic heterocycles. The van der Waals surface area contributed by atoms with E-state index in [4.69, 9.17) is 0 Å². The number of carbonyl (C=O) groups excluding carboxylic acids is 1. The van der Waals surface area contributed by atoms with Crippen molar-refractivity contribution in [3.8, 4) is 0 Å². The van der Waals surface area contributed by atoms with E-state index >= 15 is 0 Å². The Hall–Kier alpha value is -1.12. The van der Waals surface area contributed by atoms with Crippen LogP contribution in [0.5, 0.6) is 0 Å². The van der Waals surface area contributed by atoms with Crippen molar-refractivity contribution >= 4 is 40.5 Å². The van der Waals surface area contributed by atoms with Gasteiger partial charge < -0.3 is 10.6 Å². The largest absolute Gasteiger partial charge is 0.338 e. The number of aromatic nitrogens is 2. The van der Waals surface area contributed by atoms with E-state index < -0.39 is 0 Å². The van der Waals surface area contributed by atoms with Gasteiger partial charge in [-0.2, -0.15) is 0 Å². The molecule has 21 heavy (non-hydrogen) atoms. The van der Waals surface area contributed by atoms with Crippen LogP contribution in [0.2, 0.25) is 0 Å². The Balaban J connectivity index is 1.59. The Morgan fingerprint density at radius 1 is 1.48 bits per heavy atom. The molecule has 0 aromatic carbocycles. The first kappa shape index (κ1) is 16.3. The van der Waals surface area contributed by atoms with E-state index in [9.17, 15) is 4.79 Å². The Bertz CT molecular complexity index is 556. The summed E-state index contributed by atoms with van der Waals surface area (Å²) in [5, 5.41) is 8.66. The van der Waals surface area contributed by atoms with Gasteiger partial charge in [-0.15, -0.1) is 22.7 Å². The molecule has 2 aromatic rings. The molecule has 2 amide bonds. The summed E-state index contributed by atoms with van der Waals surface area (Å²) >= 11 is 4.97. The molecule has 0 radical (unpaired) electrons. The maximum absolute atomic E-state index is 11.8. The number of thiazole rings is 2. The molecule has 0 aliphatic heterocycles. The molecule has 0 aliphatic rings. The average Bonchev–Trinajstić information content (AvgIpc) is 3.09. The fourth-order valence-electron chi connectivity index (χ4n) is 1.60. The summed E-state index contributed by atoms with van der Waals surface area (Å²) in [6.07, 6.45) is 4.55. The van der Waals surface area contributed by atoms with Gasteiger partial charge >= 0.3 is 6.03 Å². The normalized spacial score (nSPS) is 12.1. The van der Waals surface area contributed by atoms with Crippen LogP contribution in [0.1, 0.15) is 29.3 Å². The minimum Gasteiger partial charge on any atom is -0.338 e. The van der Waals surface area contributed by atoms with Crippen LogP contribution in [-0.4, -0.2) is 28.3 Å². The predicted octanol–water partition coefficient (Wildman–Crippen LogP) is 3.45. The molecular weight excluding hydrogens is 324 g/mol. The quantitative estimate of drug-likeness (QED) is 0.597. The summed E-state index contributed by atoms with van der Waals surface area (Å²) < 4.78 is 1.08. The fraction of sp³-hybridized carbons (Fsp3) is 0.462. The van der Waals surface area contributed by atoms with Gasteiger partial charge in [0.2, 0.25) is 0 Å². The number of hydrogen-bond acceptors (Lipinski definition) is 6. The molecule has 0 spiro atoms. The zero-order valence-electron chi connectivity index (χ0n) is 12.0. The monoisotopic (exact) mass is 342 g/mol. The Kier molecular flexibility index (Phi) is 6.47. The summed E-state index contributed by atoms with van der Waals surface area (Å²) in [6, 6.07) is -0.206. The lowest BCUT2D eigenvalue weighted by Gasteiger charge is -2.12. The van der Waals surface area contributed by atoms with Crippen LogP contribution in [-0.2, 0) is 0 Å². The van der Waals surface area contributed by atoms with Crippen LogP contribution < -0.4 is 10.6 Å². The van der Waals surface area contributed by atoms with Gasteiger partial charge in [-0.25, -0.2) is 14.8 Å². The number of nitrogens with zero attached hydrogens (tertiary/aromatic N) is 2. The van der Waals surface area contributed by atoms with E-state index in [-0.39, 0.29) is 12.1 Å². The highest BCUT2D eigenvalue weighted by Gasteiger charge is 2.11. The first-order valence-electron chi connectivity index (χ1n) is 6.64. The minimum absolute atomic E-state index is 0.0617. The van der Waals surface area contributed by atoms with Gasteiger partial charge in [0.25, 0.3) is 0 Å². The Morgan fingerprint density at radius 2 is 2.33 bits per heavy atom. The molecule has 0 saturated heterocycles. The van der Waals surface area contributed by atoms with E-state index in [2.05, 4.69) is 20.6 Å². The van der Waals surface area contributed by atoms with Crippen molar-refractivity contribution in [2.75, 3.05) is 12.3 Å². The van der Waals surface area contributed by atoms with Gasteiger partial charge in [0.15, 0.2) is 0 Å². The second-order valence-electron chi connectivity index (χ2n) is 4.43. The van der Waals surface area contributed by atoms with Gasteiger partial charge in [-0.3, -0.25) is 0 Å². The lowest BCUT2D eigenvalue weighted by atomic mass is 10.3. The van der Waals surface area contributed by atoms with Crippen molar-refractivity contribution in [3.63, 3.8) is 0 Å². The van der Waals surface area contributed by atoms with E-state index in [1.165, 1.54) is 0 Å². The SMILES string of the molecule is Cc1cnc([C@H](C)NC(=O)NCCCSc2nccs2)s1. The second kappa shape index (κ2) is 8.35. The maximum atomic E-state index is 11.8. The molecule has 5 nitrogen and oxygen atoms in total. The summed E-state index contributed by atoms with van der Waals surface area (Å²) in [4.78, 5) is 21.4. The zero-order chi connectivity index (χ0) is 15.1. The van der Waals surface area contributed by atoms with Crippen LogP contribution in [0.4, 0.5) is 4.79 Å². The molecule has 8 heteroatoms. The van der Waals surface area contributed by atoms with Crippen LogP contribution in [0.25, 0.3) is 0 Å². The number of nitrogens with one attached hydrogen (secondary N) is 2. The highest BCUT2D eigenvalue weighted by molar-refractivity contribution is 8.00. The van der Waals surface area contributed by atoms with Crippen molar-refractivity contribution in [1.82, 2.24) is 20.6 Å². The van der Waals surface area contributed by atoms with E-state index in [1.807, 2.05) is 25.4 Å². The lowest BCUT2D eigenvalue weighted by Crippen LogP contribution is -2.37. The molecule has 0 fully saturated rings. The van der Waals surface area contributed by atoms with Gasteiger partial charge in [-0.05, 0) is 20.3 Å². The van der Waals surface area contributed by atoms with Crippen molar-refractivity contribution < 1.29 is 4.79 Å². The average molecular weight is 343 g/mol. The smallest absolute Gasteiger partial charge is 0.315 e. The zero-order valence-corrected chi connectivity index (χ0v) is 14.4. The highest BCUT2D eigenvalue weighted by Crippen LogP contribution is 2.20. The Labute approximate surface area is 136 Å². The summed E-state index contributed by atoms with van der Waals surface area (Å²) in [5.41, 5.74) is 0. The van der Waals surface area contributed by atoms with Crippen LogP contribution in [0.3, 0.4) is 0 Å². The van der Waals surface area contributed by atoms with Crippen molar-refractivity contribution in [3.05, 3.63) is 27.7 Å². The Morgan fingerprint density at radius 3 is 3.00 bits per heavy atom. The third-order valence-electron chi connectivity index (χ3n) is 2.60. The second-order valence-corrected chi connectivity index (χ2v) is 7.93. The number of urea groups is 1. The molecule has 114 valence electrons. The fourth-order valence-corrected chi connectivity index (χ4v) is 4.02. The third-order valence-corrected chi connectivity index (χ3v) is 5.75. The number of aryl methyl sites for hydroxylation is 1. The van der Waals surface area contributed by atoms with E-state index in [0.29, 0.717) is 6.54 Å². The van der Waals surface area contributed by atoms with E-state index in [0.717, 1.165) is 26.4 Å². The molecule has 0 aliphatic carbocycles. The number of hydrogen-bond donors (Lipinski definition) is 2. The lowest BCUT2D eigenvalue weighted by molar-refractivity contribution is 0.238. The van der Waals surface area contributed by atoms with Gasteiger partial charge in [0.05, 0.1) is 6.04 Å². The molecule has 2 N–H and O–H groups in total. The van der Waals surface area contributed by atoms with Gasteiger partial charge in [0, 0.05) is 34.9 Å². The van der Waals surface area contributed by atoms with Gasteiger partial charge in [-0.1, -0.05) is 11.8 Å². The standard InChI is InChI=1S/C13H18N4OS3/c1-9-8-16-11(21-9)10(2)17-12(18)14-4-3-6-19-13-15-5-7-20-13/h5,7-8,10H,3-4,6H2,1-2H3,(H2,14,17,18)/t10-/m0/s1. The number of carbonyl (C=O) groups is 1. The van der Waals surface area contributed by atoms with Crippen molar-refractivity contribution in [1.29, 1.82) is 0 Å². The molecule has 0 unspecified atom stereocenters. The topological polar surface area (TPSA) is 66.9 Å². The molecule has 1 atom stereocenters. The highest BCUT2D eigenvalue weighted by atomic mass is 32.2. The molecular formula is C13H18N4OS3.